The first-order chi connectivity index (χ1) is 11.5. The number of nitrogens with zero attached hydrogens (tertiary/aromatic N) is 3. The highest BCUT2D eigenvalue weighted by molar-refractivity contribution is 5.79. The lowest BCUT2D eigenvalue weighted by atomic mass is 10.2. The monoisotopic (exact) mass is 339 g/mol. The summed E-state index contributed by atoms with van der Waals surface area (Å²) in [5.41, 5.74) is 0. The molecule has 1 heterocycles. The van der Waals surface area contributed by atoms with Crippen LogP contribution in [0.3, 0.4) is 0 Å². The van der Waals surface area contributed by atoms with Gasteiger partial charge < -0.3 is 15.5 Å². The SMILES string of the molecule is CCNC(=NCCCN(C(C)C)C(C)C)NCCCN1CCCC1. The quantitative estimate of drug-likeness (QED) is 0.345. The van der Waals surface area contributed by atoms with Gasteiger partial charge in [-0.2, -0.15) is 0 Å². The van der Waals surface area contributed by atoms with Crippen LogP contribution in [0.2, 0.25) is 0 Å². The van der Waals surface area contributed by atoms with E-state index < -0.39 is 0 Å². The van der Waals surface area contributed by atoms with Crippen molar-refractivity contribution in [2.45, 2.75) is 72.4 Å². The van der Waals surface area contributed by atoms with E-state index in [-0.39, 0.29) is 0 Å². The van der Waals surface area contributed by atoms with Gasteiger partial charge in [-0.05, 0) is 79.9 Å². The molecule has 1 aliphatic rings. The van der Waals surface area contributed by atoms with Gasteiger partial charge in [-0.25, -0.2) is 0 Å². The van der Waals surface area contributed by atoms with Gasteiger partial charge >= 0.3 is 0 Å². The van der Waals surface area contributed by atoms with Crippen LogP contribution in [0.15, 0.2) is 4.99 Å². The van der Waals surface area contributed by atoms with Crippen molar-refractivity contribution < 1.29 is 0 Å². The van der Waals surface area contributed by atoms with Crippen molar-refractivity contribution in [3.63, 3.8) is 0 Å². The summed E-state index contributed by atoms with van der Waals surface area (Å²) >= 11 is 0. The van der Waals surface area contributed by atoms with E-state index in [9.17, 15) is 0 Å². The predicted octanol–water partition coefficient (Wildman–Crippen LogP) is 2.54. The Labute approximate surface area is 150 Å². The molecular weight excluding hydrogens is 298 g/mol. The third kappa shape index (κ3) is 8.88. The number of nitrogens with one attached hydrogen (secondary N) is 2. The molecule has 1 rings (SSSR count). The van der Waals surface area contributed by atoms with Crippen LogP contribution in [0.1, 0.15) is 60.3 Å². The zero-order valence-electron chi connectivity index (χ0n) is 16.8. The average Bonchev–Trinajstić information content (AvgIpc) is 3.03. The zero-order chi connectivity index (χ0) is 17.8. The van der Waals surface area contributed by atoms with Gasteiger partial charge in [0.15, 0.2) is 5.96 Å². The molecule has 0 aromatic carbocycles. The summed E-state index contributed by atoms with van der Waals surface area (Å²) in [4.78, 5) is 9.83. The summed E-state index contributed by atoms with van der Waals surface area (Å²) in [6, 6.07) is 1.21. The van der Waals surface area contributed by atoms with Gasteiger partial charge in [0.25, 0.3) is 0 Å². The summed E-state index contributed by atoms with van der Waals surface area (Å²) < 4.78 is 0. The summed E-state index contributed by atoms with van der Waals surface area (Å²) in [5.74, 6) is 0.972. The van der Waals surface area contributed by atoms with Crippen molar-refractivity contribution in [3.05, 3.63) is 0 Å². The standard InChI is InChI=1S/C19H41N5/c1-6-20-19(21-11-9-15-23-13-7-8-14-23)22-12-10-16-24(17(2)3)18(4)5/h17-18H,6-16H2,1-5H3,(H2,20,21,22). The molecule has 0 unspecified atom stereocenters. The first-order valence-corrected chi connectivity index (χ1v) is 10.0. The van der Waals surface area contributed by atoms with Crippen molar-refractivity contribution >= 4 is 5.96 Å². The van der Waals surface area contributed by atoms with E-state index in [1.165, 1.54) is 38.9 Å². The molecule has 5 nitrogen and oxygen atoms in total. The maximum atomic E-state index is 4.73. The van der Waals surface area contributed by atoms with Crippen LogP contribution in [-0.4, -0.2) is 73.7 Å². The highest BCUT2D eigenvalue weighted by atomic mass is 15.2. The highest BCUT2D eigenvalue weighted by Crippen LogP contribution is 2.07. The molecule has 0 aromatic rings. The highest BCUT2D eigenvalue weighted by Gasteiger charge is 2.12. The lowest BCUT2D eigenvalue weighted by Gasteiger charge is -2.30. The van der Waals surface area contributed by atoms with Crippen molar-refractivity contribution in [1.82, 2.24) is 20.4 Å². The maximum Gasteiger partial charge on any atom is 0.191 e. The molecule has 1 saturated heterocycles. The van der Waals surface area contributed by atoms with Gasteiger partial charge in [-0.3, -0.25) is 9.89 Å². The second kappa shape index (κ2) is 12.5. The molecule has 1 aliphatic heterocycles. The average molecular weight is 340 g/mol. The minimum Gasteiger partial charge on any atom is -0.357 e. The Morgan fingerprint density at radius 1 is 1.04 bits per heavy atom. The maximum absolute atomic E-state index is 4.73. The smallest absolute Gasteiger partial charge is 0.191 e. The molecule has 142 valence electrons. The molecule has 0 aromatic heterocycles. The summed E-state index contributed by atoms with van der Waals surface area (Å²) in [6.45, 7) is 18.9. The van der Waals surface area contributed by atoms with Crippen molar-refractivity contribution in [1.29, 1.82) is 0 Å². The number of hydrogen-bond acceptors (Lipinski definition) is 3. The van der Waals surface area contributed by atoms with Gasteiger partial charge in [0.05, 0.1) is 0 Å². The lowest BCUT2D eigenvalue weighted by Crippen LogP contribution is -2.39. The van der Waals surface area contributed by atoms with Gasteiger partial charge in [0.2, 0.25) is 0 Å². The number of hydrogen-bond donors (Lipinski definition) is 2. The molecule has 0 amide bonds. The Bertz CT molecular complexity index is 327. The molecule has 0 saturated carbocycles. The van der Waals surface area contributed by atoms with Gasteiger partial charge in [-0.1, -0.05) is 0 Å². The first-order valence-electron chi connectivity index (χ1n) is 10.0. The number of guanidine groups is 1. The first kappa shape index (κ1) is 21.2. The molecule has 2 N–H and O–H groups in total. The fraction of sp³-hybridized carbons (Fsp3) is 0.947. The van der Waals surface area contributed by atoms with Crippen LogP contribution in [0.5, 0.6) is 0 Å². The van der Waals surface area contributed by atoms with Crippen molar-refractivity contribution in [2.24, 2.45) is 4.99 Å². The predicted molar refractivity (Wildman–Crippen MR) is 106 cm³/mol. The fourth-order valence-electron chi connectivity index (χ4n) is 3.41. The third-order valence-corrected chi connectivity index (χ3v) is 4.66. The minimum atomic E-state index is 0.603. The summed E-state index contributed by atoms with van der Waals surface area (Å²) in [6.07, 6.45) is 5.06. The molecule has 0 radical (unpaired) electrons. The normalized spacial score (nSPS) is 16.6. The Kier molecular flexibility index (Phi) is 11.1. The van der Waals surface area contributed by atoms with E-state index in [2.05, 4.69) is 55.1 Å². The van der Waals surface area contributed by atoms with Crippen LogP contribution < -0.4 is 10.6 Å². The zero-order valence-corrected chi connectivity index (χ0v) is 16.8. The van der Waals surface area contributed by atoms with Crippen molar-refractivity contribution in [3.8, 4) is 0 Å². The summed E-state index contributed by atoms with van der Waals surface area (Å²) in [7, 11) is 0. The van der Waals surface area contributed by atoms with Gasteiger partial charge in [0, 0.05) is 38.3 Å². The largest absolute Gasteiger partial charge is 0.357 e. The second-order valence-corrected chi connectivity index (χ2v) is 7.37. The van der Waals surface area contributed by atoms with E-state index in [0.717, 1.165) is 38.6 Å². The van der Waals surface area contributed by atoms with E-state index in [4.69, 9.17) is 4.99 Å². The molecule has 0 bridgehead atoms. The third-order valence-electron chi connectivity index (χ3n) is 4.66. The molecule has 24 heavy (non-hydrogen) atoms. The van der Waals surface area contributed by atoms with Crippen molar-refractivity contribution in [2.75, 3.05) is 45.8 Å². The Morgan fingerprint density at radius 3 is 2.29 bits per heavy atom. The van der Waals surface area contributed by atoms with E-state index in [1.807, 2.05) is 0 Å². The van der Waals surface area contributed by atoms with Gasteiger partial charge in [-0.15, -0.1) is 0 Å². The van der Waals surface area contributed by atoms with Crippen LogP contribution in [0.4, 0.5) is 0 Å². The lowest BCUT2D eigenvalue weighted by molar-refractivity contribution is 0.174. The number of rotatable bonds is 11. The molecule has 1 fully saturated rings. The molecule has 5 heteroatoms. The van der Waals surface area contributed by atoms with Crippen LogP contribution in [0, 0.1) is 0 Å². The number of aliphatic imine (C=N–C) groups is 1. The van der Waals surface area contributed by atoms with E-state index >= 15 is 0 Å². The summed E-state index contributed by atoms with van der Waals surface area (Å²) in [5, 5.41) is 6.83. The Hall–Kier alpha value is -0.810. The second-order valence-electron chi connectivity index (χ2n) is 7.37. The Balaban J connectivity index is 2.23. The van der Waals surface area contributed by atoms with Crippen LogP contribution >= 0.6 is 0 Å². The van der Waals surface area contributed by atoms with E-state index in [1.54, 1.807) is 0 Å². The topological polar surface area (TPSA) is 42.9 Å². The van der Waals surface area contributed by atoms with E-state index in [0.29, 0.717) is 12.1 Å². The van der Waals surface area contributed by atoms with Crippen LogP contribution in [-0.2, 0) is 0 Å². The molecular formula is C19H41N5. The minimum absolute atomic E-state index is 0.603. The fourth-order valence-corrected chi connectivity index (χ4v) is 3.41. The number of likely N-dealkylation sites (tertiary alicyclic amines) is 1. The Morgan fingerprint density at radius 2 is 1.71 bits per heavy atom. The molecule has 0 atom stereocenters. The molecule has 0 aliphatic carbocycles. The van der Waals surface area contributed by atoms with Gasteiger partial charge in [0.1, 0.15) is 0 Å². The van der Waals surface area contributed by atoms with Crippen LogP contribution in [0.25, 0.3) is 0 Å². The molecule has 0 spiro atoms.